The van der Waals surface area contributed by atoms with Crippen LogP contribution in [-0.4, -0.2) is 13.0 Å². The lowest BCUT2D eigenvalue weighted by atomic mass is 10.1. The lowest BCUT2D eigenvalue weighted by Gasteiger charge is -2.10. The maximum atomic E-state index is 13.1. The minimum atomic E-state index is -0.327. The van der Waals surface area contributed by atoms with E-state index >= 15 is 0 Å². The van der Waals surface area contributed by atoms with E-state index in [1.807, 2.05) is 0 Å². The minimum absolute atomic E-state index is 0.0336. The smallest absolute Gasteiger partial charge is 0.223 e. The molecular formula is C14H18FNO2. The lowest BCUT2D eigenvalue weighted by Crippen LogP contribution is -2.26. The Morgan fingerprint density at radius 3 is 2.78 bits per heavy atom. The van der Waals surface area contributed by atoms with Gasteiger partial charge in [0.2, 0.25) is 5.91 Å². The van der Waals surface area contributed by atoms with Gasteiger partial charge in [-0.15, -0.1) is 0 Å². The molecule has 1 N–H and O–H groups in total. The van der Waals surface area contributed by atoms with Crippen molar-refractivity contribution in [1.29, 1.82) is 0 Å². The number of carbonyl (C=O) groups excluding carboxylic acids is 1. The fraction of sp³-hybridized carbons (Fsp3) is 0.500. The zero-order chi connectivity index (χ0) is 13.3. The van der Waals surface area contributed by atoms with E-state index in [-0.39, 0.29) is 23.1 Å². The SMILES string of the molecule is COc1ccc(F)cc1CNC(=O)C1CC1(C)C. The highest BCUT2D eigenvalue weighted by atomic mass is 19.1. The molecule has 0 aromatic heterocycles. The van der Waals surface area contributed by atoms with E-state index in [4.69, 9.17) is 4.74 Å². The second-order valence-corrected chi connectivity index (χ2v) is 5.42. The van der Waals surface area contributed by atoms with E-state index in [0.717, 1.165) is 6.42 Å². The van der Waals surface area contributed by atoms with E-state index in [0.29, 0.717) is 17.9 Å². The van der Waals surface area contributed by atoms with Crippen LogP contribution >= 0.6 is 0 Å². The van der Waals surface area contributed by atoms with Crippen LogP contribution in [0.25, 0.3) is 0 Å². The summed E-state index contributed by atoms with van der Waals surface area (Å²) in [6.07, 6.45) is 0.916. The monoisotopic (exact) mass is 251 g/mol. The molecule has 2 rings (SSSR count). The van der Waals surface area contributed by atoms with Crippen molar-refractivity contribution < 1.29 is 13.9 Å². The molecule has 0 bridgehead atoms. The molecule has 1 atom stereocenters. The molecule has 18 heavy (non-hydrogen) atoms. The highest BCUT2D eigenvalue weighted by Gasteiger charge is 2.50. The molecule has 3 nitrogen and oxygen atoms in total. The molecule has 0 spiro atoms. The maximum Gasteiger partial charge on any atom is 0.223 e. The second-order valence-electron chi connectivity index (χ2n) is 5.42. The van der Waals surface area contributed by atoms with Gasteiger partial charge in [-0.25, -0.2) is 4.39 Å². The Hall–Kier alpha value is -1.58. The van der Waals surface area contributed by atoms with Gasteiger partial charge in [0.05, 0.1) is 7.11 Å². The van der Waals surface area contributed by atoms with E-state index in [1.165, 1.54) is 19.2 Å². The average Bonchev–Trinajstić information content (AvgIpc) is 2.96. The van der Waals surface area contributed by atoms with Crippen LogP contribution in [0.4, 0.5) is 4.39 Å². The normalized spacial score (nSPS) is 20.3. The van der Waals surface area contributed by atoms with Crippen molar-refractivity contribution in [2.24, 2.45) is 11.3 Å². The summed E-state index contributed by atoms with van der Waals surface area (Å²) in [5, 5.41) is 2.83. The van der Waals surface area contributed by atoms with Crippen LogP contribution in [0.2, 0.25) is 0 Å². The lowest BCUT2D eigenvalue weighted by molar-refractivity contribution is -0.123. The number of halogens is 1. The van der Waals surface area contributed by atoms with E-state index in [1.54, 1.807) is 6.07 Å². The predicted octanol–water partition coefficient (Wildman–Crippen LogP) is 2.50. The number of benzene rings is 1. The van der Waals surface area contributed by atoms with Crippen molar-refractivity contribution in [3.63, 3.8) is 0 Å². The fourth-order valence-corrected chi connectivity index (χ4v) is 2.11. The molecule has 1 fully saturated rings. The van der Waals surface area contributed by atoms with Crippen LogP contribution in [0.15, 0.2) is 18.2 Å². The van der Waals surface area contributed by atoms with E-state index < -0.39 is 0 Å². The molecule has 0 saturated heterocycles. The highest BCUT2D eigenvalue weighted by molar-refractivity contribution is 5.82. The molecule has 1 unspecified atom stereocenters. The summed E-state index contributed by atoms with van der Waals surface area (Å²) < 4.78 is 18.3. The first kappa shape index (κ1) is 12.9. The zero-order valence-corrected chi connectivity index (χ0v) is 10.9. The predicted molar refractivity (Wildman–Crippen MR) is 66.7 cm³/mol. The molecule has 98 valence electrons. The third kappa shape index (κ3) is 2.63. The summed E-state index contributed by atoms with van der Waals surface area (Å²) in [5.74, 6) is 0.377. The number of amides is 1. The Kier molecular flexibility index (Phi) is 3.28. The number of rotatable bonds is 4. The number of nitrogens with one attached hydrogen (secondary N) is 1. The van der Waals surface area contributed by atoms with Gasteiger partial charge in [0.15, 0.2) is 0 Å². The van der Waals surface area contributed by atoms with Crippen LogP contribution in [0.3, 0.4) is 0 Å². The van der Waals surface area contributed by atoms with Gasteiger partial charge in [-0.2, -0.15) is 0 Å². The number of carbonyl (C=O) groups is 1. The molecule has 0 aliphatic heterocycles. The van der Waals surface area contributed by atoms with Gasteiger partial charge < -0.3 is 10.1 Å². The molecule has 1 aliphatic rings. The summed E-state index contributed by atoms with van der Waals surface area (Å²) in [5.41, 5.74) is 0.764. The van der Waals surface area contributed by atoms with Gasteiger partial charge in [-0.05, 0) is 30.0 Å². The first-order valence-corrected chi connectivity index (χ1v) is 6.04. The van der Waals surface area contributed by atoms with Crippen LogP contribution in [-0.2, 0) is 11.3 Å². The van der Waals surface area contributed by atoms with Gasteiger partial charge in [0.1, 0.15) is 11.6 Å². The largest absolute Gasteiger partial charge is 0.496 e. The topological polar surface area (TPSA) is 38.3 Å². The Labute approximate surface area is 106 Å². The Morgan fingerprint density at radius 2 is 2.22 bits per heavy atom. The quantitative estimate of drug-likeness (QED) is 0.892. The summed E-state index contributed by atoms with van der Waals surface area (Å²) in [6, 6.07) is 4.29. The summed E-state index contributed by atoms with van der Waals surface area (Å²) in [7, 11) is 1.53. The van der Waals surface area contributed by atoms with Gasteiger partial charge in [0.25, 0.3) is 0 Å². The zero-order valence-electron chi connectivity index (χ0n) is 10.9. The molecule has 0 heterocycles. The molecule has 4 heteroatoms. The van der Waals surface area contributed by atoms with Crippen molar-refractivity contribution in [2.75, 3.05) is 7.11 Å². The number of ether oxygens (including phenoxy) is 1. The first-order valence-electron chi connectivity index (χ1n) is 6.04. The Morgan fingerprint density at radius 1 is 1.56 bits per heavy atom. The van der Waals surface area contributed by atoms with Crippen LogP contribution < -0.4 is 10.1 Å². The van der Waals surface area contributed by atoms with E-state index in [9.17, 15) is 9.18 Å². The van der Waals surface area contributed by atoms with Gasteiger partial charge in [-0.1, -0.05) is 13.8 Å². The van der Waals surface area contributed by atoms with Crippen molar-refractivity contribution in [3.05, 3.63) is 29.6 Å². The number of methoxy groups -OCH3 is 1. The summed E-state index contributed by atoms with van der Waals surface area (Å²) in [6.45, 7) is 4.44. The Balaban J connectivity index is 1.98. The van der Waals surface area contributed by atoms with Crippen molar-refractivity contribution in [1.82, 2.24) is 5.32 Å². The maximum absolute atomic E-state index is 13.1. The molecule has 0 radical (unpaired) electrons. The van der Waals surface area contributed by atoms with Gasteiger partial charge >= 0.3 is 0 Å². The highest BCUT2D eigenvalue weighted by Crippen LogP contribution is 2.51. The minimum Gasteiger partial charge on any atom is -0.496 e. The van der Waals surface area contributed by atoms with Crippen molar-refractivity contribution in [2.45, 2.75) is 26.8 Å². The second kappa shape index (κ2) is 4.59. The van der Waals surface area contributed by atoms with Crippen LogP contribution in [0, 0.1) is 17.2 Å². The number of hydrogen-bond donors (Lipinski definition) is 1. The molecule has 1 aromatic rings. The van der Waals surface area contributed by atoms with Gasteiger partial charge in [0, 0.05) is 18.0 Å². The first-order chi connectivity index (χ1) is 8.44. The van der Waals surface area contributed by atoms with Crippen molar-refractivity contribution >= 4 is 5.91 Å². The number of hydrogen-bond acceptors (Lipinski definition) is 2. The average molecular weight is 251 g/mol. The van der Waals surface area contributed by atoms with Crippen molar-refractivity contribution in [3.8, 4) is 5.75 Å². The molecular weight excluding hydrogens is 233 g/mol. The molecule has 1 aliphatic carbocycles. The third-order valence-electron chi connectivity index (χ3n) is 3.53. The molecule has 1 saturated carbocycles. The van der Waals surface area contributed by atoms with Crippen LogP contribution in [0.5, 0.6) is 5.75 Å². The third-order valence-corrected chi connectivity index (χ3v) is 3.53. The molecule has 1 aromatic carbocycles. The van der Waals surface area contributed by atoms with E-state index in [2.05, 4.69) is 19.2 Å². The standard InChI is InChI=1S/C14H18FNO2/c1-14(2)7-11(14)13(17)16-8-9-6-10(15)4-5-12(9)18-3/h4-6,11H,7-8H2,1-3H3,(H,16,17). The summed E-state index contributed by atoms with van der Waals surface area (Å²) >= 11 is 0. The summed E-state index contributed by atoms with van der Waals surface area (Å²) in [4.78, 5) is 11.8. The fourth-order valence-electron chi connectivity index (χ4n) is 2.11. The Bertz CT molecular complexity index is 471. The molecule has 1 amide bonds. The van der Waals surface area contributed by atoms with Gasteiger partial charge in [-0.3, -0.25) is 4.79 Å². The van der Waals surface area contributed by atoms with Crippen LogP contribution in [0.1, 0.15) is 25.8 Å².